The van der Waals surface area contributed by atoms with Crippen LogP contribution in [0.15, 0.2) is 28.5 Å². The zero-order valence-corrected chi connectivity index (χ0v) is 12.7. The summed E-state index contributed by atoms with van der Waals surface area (Å²) in [5, 5.41) is 3.00. The van der Waals surface area contributed by atoms with Crippen LogP contribution in [-0.4, -0.2) is 22.6 Å². The van der Waals surface area contributed by atoms with Gasteiger partial charge in [0, 0.05) is 5.56 Å². The van der Waals surface area contributed by atoms with Gasteiger partial charge in [0.15, 0.2) is 5.13 Å². The maximum absolute atomic E-state index is 13.1. The number of anilines is 1. The third-order valence-electron chi connectivity index (χ3n) is 2.41. The number of nitrogens with one attached hydrogen (secondary N) is 1. The van der Waals surface area contributed by atoms with E-state index in [2.05, 4.69) is 10.3 Å². The van der Waals surface area contributed by atoms with Gasteiger partial charge < -0.3 is 5.73 Å². The zero-order chi connectivity index (χ0) is 15.4. The number of carbonyl (C=O) groups excluding carboxylic acids is 2. The number of primary amides is 1. The summed E-state index contributed by atoms with van der Waals surface area (Å²) in [4.78, 5) is 26.9. The molecule has 0 saturated carbocycles. The lowest BCUT2D eigenvalue weighted by Gasteiger charge is -2.01. The number of benzene rings is 1. The molecule has 0 aliphatic carbocycles. The topological polar surface area (TPSA) is 85.1 Å². The molecule has 5 nitrogen and oxygen atoms in total. The molecule has 0 atom stereocenters. The van der Waals surface area contributed by atoms with Gasteiger partial charge in [0.05, 0.1) is 15.7 Å². The Bertz CT molecular complexity index is 688. The standard InChI is InChI=1S/C13H12FN3O2S2/c1-7-12(20-6-10(15)18)21-13(16-7)17-11(19)8-3-2-4-9(14)5-8/h2-5H,6H2,1H3,(H2,15,18)(H,16,17,19). The lowest BCUT2D eigenvalue weighted by atomic mass is 10.2. The number of thiazole rings is 1. The fourth-order valence-electron chi connectivity index (χ4n) is 1.51. The van der Waals surface area contributed by atoms with E-state index in [1.807, 2.05) is 0 Å². The number of thioether (sulfide) groups is 1. The average molecular weight is 325 g/mol. The van der Waals surface area contributed by atoms with Gasteiger partial charge >= 0.3 is 0 Å². The Balaban J connectivity index is 2.08. The second kappa shape index (κ2) is 6.68. The summed E-state index contributed by atoms with van der Waals surface area (Å²) in [5.41, 5.74) is 6.01. The van der Waals surface area contributed by atoms with E-state index in [4.69, 9.17) is 5.73 Å². The zero-order valence-electron chi connectivity index (χ0n) is 11.1. The number of amides is 2. The third kappa shape index (κ3) is 4.27. The quantitative estimate of drug-likeness (QED) is 0.827. The third-order valence-corrected chi connectivity index (χ3v) is 4.86. The molecule has 0 fully saturated rings. The Morgan fingerprint density at radius 2 is 2.24 bits per heavy atom. The van der Waals surface area contributed by atoms with Gasteiger partial charge in [0.2, 0.25) is 5.91 Å². The SMILES string of the molecule is Cc1nc(NC(=O)c2cccc(F)c2)sc1SCC(N)=O. The Morgan fingerprint density at radius 3 is 2.90 bits per heavy atom. The van der Waals surface area contributed by atoms with Gasteiger partial charge in [-0.3, -0.25) is 14.9 Å². The molecule has 1 aromatic carbocycles. The van der Waals surface area contributed by atoms with Crippen LogP contribution >= 0.6 is 23.1 Å². The first kappa shape index (κ1) is 15.5. The van der Waals surface area contributed by atoms with Crippen molar-refractivity contribution in [2.45, 2.75) is 11.1 Å². The fraction of sp³-hybridized carbons (Fsp3) is 0.154. The molecule has 110 valence electrons. The molecule has 2 aromatic rings. The first-order chi connectivity index (χ1) is 9.95. The van der Waals surface area contributed by atoms with Crippen LogP contribution in [0.3, 0.4) is 0 Å². The van der Waals surface area contributed by atoms with Crippen LogP contribution in [0.1, 0.15) is 16.1 Å². The molecule has 0 saturated heterocycles. The van der Waals surface area contributed by atoms with Crippen molar-refractivity contribution in [3.8, 4) is 0 Å². The van der Waals surface area contributed by atoms with Crippen LogP contribution in [0.5, 0.6) is 0 Å². The summed E-state index contributed by atoms with van der Waals surface area (Å²) in [6, 6.07) is 5.40. The van der Waals surface area contributed by atoms with Crippen LogP contribution in [-0.2, 0) is 4.79 Å². The van der Waals surface area contributed by atoms with Crippen LogP contribution in [0, 0.1) is 12.7 Å². The van der Waals surface area contributed by atoms with E-state index in [1.165, 1.54) is 41.3 Å². The van der Waals surface area contributed by atoms with Gasteiger partial charge in [-0.15, -0.1) is 11.8 Å². The minimum Gasteiger partial charge on any atom is -0.369 e. The van der Waals surface area contributed by atoms with Gasteiger partial charge in [-0.1, -0.05) is 17.4 Å². The molecule has 1 heterocycles. The molecule has 1 aromatic heterocycles. The minimum atomic E-state index is -0.476. The molecule has 21 heavy (non-hydrogen) atoms. The molecule has 3 N–H and O–H groups in total. The maximum atomic E-state index is 13.1. The van der Waals surface area contributed by atoms with Crippen molar-refractivity contribution < 1.29 is 14.0 Å². The summed E-state index contributed by atoms with van der Waals surface area (Å²) < 4.78 is 13.9. The van der Waals surface area contributed by atoms with E-state index < -0.39 is 17.6 Å². The Kier molecular flexibility index (Phi) is 4.92. The molecule has 2 amide bonds. The number of rotatable bonds is 5. The lowest BCUT2D eigenvalue weighted by Crippen LogP contribution is -2.12. The molecule has 2 rings (SSSR count). The van der Waals surface area contributed by atoms with Crippen molar-refractivity contribution in [2.24, 2.45) is 5.73 Å². The first-order valence-electron chi connectivity index (χ1n) is 5.91. The molecule has 0 bridgehead atoms. The maximum Gasteiger partial charge on any atom is 0.257 e. The molecule has 8 heteroatoms. The van der Waals surface area contributed by atoms with Crippen molar-refractivity contribution >= 4 is 40.0 Å². The number of hydrogen-bond acceptors (Lipinski definition) is 5. The van der Waals surface area contributed by atoms with Crippen molar-refractivity contribution in [2.75, 3.05) is 11.1 Å². The monoisotopic (exact) mass is 325 g/mol. The van der Waals surface area contributed by atoms with E-state index in [0.29, 0.717) is 10.8 Å². The summed E-state index contributed by atoms with van der Waals surface area (Å²) in [6.07, 6.45) is 0. The largest absolute Gasteiger partial charge is 0.369 e. The van der Waals surface area contributed by atoms with Crippen LogP contribution in [0.2, 0.25) is 0 Å². The van der Waals surface area contributed by atoms with Crippen LogP contribution in [0.25, 0.3) is 0 Å². The molecular formula is C13H12FN3O2S2. The Hall–Kier alpha value is -1.93. The lowest BCUT2D eigenvalue weighted by molar-refractivity contribution is -0.115. The second-order valence-corrected chi connectivity index (χ2v) is 6.35. The van der Waals surface area contributed by atoms with Gasteiger partial charge in [-0.25, -0.2) is 9.37 Å². The second-order valence-electron chi connectivity index (χ2n) is 4.11. The average Bonchev–Trinajstić information content (AvgIpc) is 2.76. The van der Waals surface area contributed by atoms with E-state index in [9.17, 15) is 14.0 Å². The first-order valence-corrected chi connectivity index (χ1v) is 7.71. The van der Waals surface area contributed by atoms with E-state index in [1.54, 1.807) is 6.92 Å². The van der Waals surface area contributed by atoms with E-state index in [0.717, 1.165) is 10.3 Å². The minimum absolute atomic E-state index is 0.153. The van der Waals surface area contributed by atoms with E-state index >= 15 is 0 Å². The number of nitrogens with two attached hydrogens (primary N) is 1. The van der Waals surface area contributed by atoms with Gasteiger partial charge in [0.1, 0.15) is 5.82 Å². The smallest absolute Gasteiger partial charge is 0.257 e. The highest BCUT2D eigenvalue weighted by Gasteiger charge is 2.13. The fourth-order valence-corrected chi connectivity index (χ4v) is 3.38. The van der Waals surface area contributed by atoms with Crippen molar-refractivity contribution in [3.63, 3.8) is 0 Å². The number of halogens is 1. The van der Waals surface area contributed by atoms with Crippen LogP contribution in [0.4, 0.5) is 9.52 Å². The van der Waals surface area contributed by atoms with Crippen LogP contribution < -0.4 is 11.1 Å². The van der Waals surface area contributed by atoms with Crippen molar-refractivity contribution in [3.05, 3.63) is 41.3 Å². The van der Waals surface area contributed by atoms with Gasteiger partial charge in [-0.2, -0.15) is 0 Å². The Labute approximate surface area is 128 Å². The predicted octanol–water partition coefficient (Wildman–Crippen LogP) is 2.42. The highest BCUT2D eigenvalue weighted by atomic mass is 32.2. The normalized spacial score (nSPS) is 10.4. The number of aryl methyl sites for hydroxylation is 1. The molecule has 0 aliphatic rings. The highest BCUT2D eigenvalue weighted by Crippen LogP contribution is 2.32. The molecule has 0 radical (unpaired) electrons. The molecule has 0 unspecified atom stereocenters. The van der Waals surface area contributed by atoms with Crippen molar-refractivity contribution in [1.29, 1.82) is 0 Å². The summed E-state index contributed by atoms with van der Waals surface area (Å²) in [5.74, 6) is -1.18. The summed E-state index contributed by atoms with van der Waals surface area (Å²) in [6.45, 7) is 1.78. The summed E-state index contributed by atoms with van der Waals surface area (Å²) in [7, 11) is 0. The number of aromatic nitrogens is 1. The number of nitrogens with zero attached hydrogens (tertiary/aromatic N) is 1. The number of carbonyl (C=O) groups is 2. The van der Waals surface area contributed by atoms with Crippen molar-refractivity contribution in [1.82, 2.24) is 4.98 Å². The van der Waals surface area contributed by atoms with Gasteiger partial charge in [-0.05, 0) is 25.1 Å². The molecule has 0 spiro atoms. The highest BCUT2D eigenvalue weighted by molar-refractivity contribution is 8.01. The number of hydrogen-bond donors (Lipinski definition) is 2. The van der Waals surface area contributed by atoms with Gasteiger partial charge in [0.25, 0.3) is 5.91 Å². The predicted molar refractivity (Wildman–Crippen MR) is 81.1 cm³/mol. The Morgan fingerprint density at radius 1 is 1.48 bits per heavy atom. The molecular weight excluding hydrogens is 313 g/mol. The van der Waals surface area contributed by atoms with E-state index in [-0.39, 0.29) is 11.3 Å². The molecule has 0 aliphatic heterocycles. The summed E-state index contributed by atoms with van der Waals surface area (Å²) >= 11 is 2.52.